The van der Waals surface area contributed by atoms with Crippen LogP contribution in [0.1, 0.15) is 24.6 Å². The number of esters is 1. The van der Waals surface area contributed by atoms with Crippen LogP contribution in [0.4, 0.5) is 4.79 Å². The molecule has 0 aliphatic carbocycles. The van der Waals surface area contributed by atoms with Gasteiger partial charge < -0.3 is 9.47 Å². The van der Waals surface area contributed by atoms with Crippen molar-refractivity contribution < 1.29 is 23.9 Å². The molecule has 6 nitrogen and oxygen atoms in total. The summed E-state index contributed by atoms with van der Waals surface area (Å²) in [5.74, 6) is -0.904. The summed E-state index contributed by atoms with van der Waals surface area (Å²) in [6.45, 7) is 2.02. The number of nitrogens with zero attached hydrogens (tertiary/aromatic N) is 1. The van der Waals surface area contributed by atoms with E-state index >= 15 is 0 Å². The fraction of sp³-hybridized carbons (Fsp3) is 0.208. The Hall–Kier alpha value is -3.67. The quantitative estimate of drug-likeness (QED) is 0.410. The maximum Gasteiger partial charge on any atom is 0.418 e. The topological polar surface area (TPSA) is 74.6 Å². The second-order valence-electron chi connectivity index (χ2n) is 6.69. The van der Waals surface area contributed by atoms with Gasteiger partial charge in [0.25, 0.3) is 0 Å². The van der Waals surface area contributed by atoms with Crippen molar-refractivity contribution in [3.63, 3.8) is 0 Å². The summed E-state index contributed by atoms with van der Waals surface area (Å²) in [6, 6.07) is 20.6. The van der Waals surface area contributed by atoms with Crippen LogP contribution < -0.4 is 0 Å². The van der Waals surface area contributed by atoms with Gasteiger partial charge in [-0.15, -0.1) is 0 Å². The van der Waals surface area contributed by atoms with E-state index in [0.717, 1.165) is 16.7 Å². The Kier molecular flexibility index (Phi) is 7.16. The summed E-state index contributed by atoms with van der Waals surface area (Å²) in [5, 5.41) is 0. The molecule has 0 amide bonds. The number of rotatable bonds is 8. The first-order valence-electron chi connectivity index (χ1n) is 9.72. The average Bonchev–Trinajstić information content (AvgIpc) is 3.17. The molecule has 0 saturated heterocycles. The van der Waals surface area contributed by atoms with E-state index in [0.29, 0.717) is 5.69 Å². The molecule has 0 radical (unpaired) electrons. The maximum absolute atomic E-state index is 12.7. The lowest BCUT2D eigenvalue weighted by atomic mass is 10.1. The normalized spacial score (nSPS) is 10.4. The van der Waals surface area contributed by atoms with E-state index in [1.807, 2.05) is 60.7 Å². The molecule has 6 heteroatoms. The highest BCUT2D eigenvalue weighted by Gasteiger charge is 2.19. The van der Waals surface area contributed by atoms with Gasteiger partial charge in [0.15, 0.2) is 0 Å². The molecule has 0 fully saturated rings. The molecular weight excluding hydrogens is 382 g/mol. The predicted molar refractivity (Wildman–Crippen MR) is 112 cm³/mol. The molecule has 0 N–H and O–H groups in total. The maximum atomic E-state index is 12.7. The number of benzene rings is 2. The predicted octanol–water partition coefficient (Wildman–Crippen LogP) is 4.40. The monoisotopic (exact) mass is 405 g/mol. The lowest BCUT2D eigenvalue weighted by molar-refractivity contribution is -0.145. The van der Waals surface area contributed by atoms with Crippen LogP contribution in [0, 0.1) is 0 Å². The van der Waals surface area contributed by atoms with Crippen molar-refractivity contribution >= 4 is 17.8 Å². The van der Waals surface area contributed by atoms with Crippen LogP contribution >= 0.6 is 0 Å². The van der Waals surface area contributed by atoms with Crippen LogP contribution in [0.5, 0.6) is 0 Å². The molecule has 0 unspecified atom stereocenters. The van der Waals surface area contributed by atoms with Gasteiger partial charge in [0.05, 0.1) is 6.61 Å². The number of carbonyl (C=O) groups is 3. The lowest BCUT2D eigenvalue weighted by Crippen LogP contribution is -2.19. The van der Waals surface area contributed by atoms with E-state index in [9.17, 15) is 14.4 Å². The van der Waals surface area contributed by atoms with Crippen LogP contribution in [0.15, 0.2) is 72.9 Å². The van der Waals surface area contributed by atoms with Crippen LogP contribution in [-0.4, -0.2) is 29.0 Å². The standard InChI is InChI=1S/C24H23NO5/c1-2-29-23(27)15-22(26)14-21-13-20(19-11-7-4-8-12-19)16-25(21)24(28)30-17-18-9-5-3-6-10-18/h3-13,16H,2,14-15,17H2,1H3. The summed E-state index contributed by atoms with van der Waals surface area (Å²) in [4.78, 5) is 36.7. The van der Waals surface area contributed by atoms with Gasteiger partial charge in [-0.25, -0.2) is 4.79 Å². The van der Waals surface area contributed by atoms with E-state index in [1.54, 1.807) is 19.2 Å². The van der Waals surface area contributed by atoms with Crippen LogP contribution in [0.3, 0.4) is 0 Å². The molecular formula is C24H23NO5. The summed E-state index contributed by atoms with van der Waals surface area (Å²) >= 11 is 0. The fourth-order valence-electron chi connectivity index (χ4n) is 3.03. The van der Waals surface area contributed by atoms with Crippen molar-refractivity contribution in [1.29, 1.82) is 0 Å². The lowest BCUT2D eigenvalue weighted by Gasteiger charge is -2.09. The number of carbonyl (C=O) groups excluding carboxylic acids is 3. The number of hydrogen-bond donors (Lipinski definition) is 0. The highest BCUT2D eigenvalue weighted by molar-refractivity contribution is 5.97. The van der Waals surface area contributed by atoms with E-state index in [1.165, 1.54) is 4.57 Å². The van der Waals surface area contributed by atoms with Crippen LogP contribution in [0.2, 0.25) is 0 Å². The van der Waals surface area contributed by atoms with Gasteiger partial charge in [-0.05, 0) is 24.1 Å². The van der Waals surface area contributed by atoms with E-state index in [4.69, 9.17) is 9.47 Å². The van der Waals surface area contributed by atoms with Crippen molar-refractivity contribution in [3.05, 3.63) is 84.2 Å². The van der Waals surface area contributed by atoms with Gasteiger partial charge in [-0.3, -0.25) is 14.2 Å². The molecule has 3 rings (SSSR count). The third-order valence-corrected chi connectivity index (χ3v) is 4.43. The summed E-state index contributed by atoms with van der Waals surface area (Å²) in [5.41, 5.74) is 3.01. The highest BCUT2D eigenvalue weighted by Crippen LogP contribution is 2.23. The van der Waals surface area contributed by atoms with E-state index in [-0.39, 0.29) is 31.8 Å². The number of hydrogen-bond acceptors (Lipinski definition) is 5. The van der Waals surface area contributed by atoms with Crippen LogP contribution in [0.25, 0.3) is 11.1 Å². The van der Waals surface area contributed by atoms with E-state index < -0.39 is 12.1 Å². The Labute approximate surface area is 175 Å². The van der Waals surface area contributed by atoms with Crippen LogP contribution in [-0.2, 0) is 32.1 Å². The summed E-state index contributed by atoms with van der Waals surface area (Å²) < 4.78 is 11.6. The minimum absolute atomic E-state index is 0.0773. The highest BCUT2D eigenvalue weighted by atomic mass is 16.5. The Morgan fingerprint density at radius 1 is 0.867 bits per heavy atom. The zero-order valence-corrected chi connectivity index (χ0v) is 16.7. The molecule has 0 saturated carbocycles. The second kappa shape index (κ2) is 10.2. The first-order valence-corrected chi connectivity index (χ1v) is 9.72. The molecule has 3 aromatic rings. The Morgan fingerprint density at radius 3 is 2.20 bits per heavy atom. The van der Waals surface area contributed by atoms with Gasteiger partial charge in [0, 0.05) is 23.9 Å². The average molecular weight is 405 g/mol. The first kappa shape index (κ1) is 21.0. The third kappa shape index (κ3) is 5.67. The van der Waals surface area contributed by atoms with Crippen molar-refractivity contribution in [2.75, 3.05) is 6.61 Å². The molecule has 1 heterocycles. The van der Waals surface area contributed by atoms with E-state index in [2.05, 4.69) is 0 Å². The number of ether oxygens (including phenoxy) is 2. The molecule has 0 atom stereocenters. The Balaban J connectivity index is 1.80. The minimum atomic E-state index is -0.583. The fourth-order valence-corrected chi connectivity index (χ4v) is 3.03. The molecule has 0 bridgehead atoms. The molecule has 2 aromatic carbocycles. The van der Waals surface area contributed by atoms with Gasteiger partial charge in [-0.2, -0.15) is 0 Å². The Morgan fingerprint density at radius 2 is 1.53 bits per heavy atom. The smallest absolute Gasteiger partial charge is 0.418 e. The van der Waals surface area contributed by atoms with Gasteiger partial charge in [0.1, 0.15) is 18.8 Å². The number of Topliss-reactive ketones (excluding diaryl/α,β-unsaturated/α-hetero) is 1. The third-order valence-electron chi connectivity index (χ3n) is 4.43. The zero-order chi connectivity index (χ0) is 21.3. The van der Waals surface area contributed by atoms with Crippen molar-refractivity contribution in [2.24, 2.45) is 0 Å². The molecule has 0 aliphatic heterocycles. The number of aromatic nitrogens is 1. The molecule has 0 spiro atoms. The van der Waals surface area contributed by atoms with Crippen molar-refractivity contribution in [2.45, 2.75) is 26.4 Å². The largest absolute Gasteiger partial charge is 0.466 e. The molecule has 1 aromatic heterocycles. The van der Waals surface area contributed by atoms with Crippen molar-refractivity contribution in [3.8, 4) is 11.1 Å². The zero-order valence-electron chi connectivity index (χ0n) is 16.7. The first-order chi connectivity index (χ1) is 14.6. The van der Waals surface area contributed by atoms with Gasteiger partial charge in [-0.1, -0.05) is 60.7 Å². The summed E-state index contributed by atoms with van der Waals surface area (Å²) in [6.07, 6.45) is 0.653. The van der Waals surface area contributed by atoms with Gasteiger partial charge >= 0.3 is 12.1 Å². The van der Waals surface area contributed by atoms with Crippen molar-refractivity contribution in [1.82, 2.24) is 4.57 Å². The Bertz CT molecular complexity index is 1010. The number of ketones is 1. The molecule has 0 aliphatic rings. The second-order valence-corrected chi connectivity index (χ2v) is 6.69. The van der Waals surface area contributed by atoms with Gasteiger partial charge in [0.2, 0.25) is 0 Å². The molecule has 30 heavy (non-hydrogen) atoms. The summed E-state index contributed by atoms with van der Waals surface area (Å²) in [7, 11) is 0. The molecule has 154 valence electrons. The SMILES string of the molecule is CCOC(=O)CC(=O)Cc1cc(-c2ccccc2)cn1C(=O)OCc1ccccc1. The minimum Gasteiger partial charge on any atom is -0.466 e.